The zero-order valence-electron chi connectivity index (χ0n) is 13.4. The number of amides is 2. The first-order chi connectivity index (χ1) is 10.1. The Morgan fingerprint density at radius 2 is 1.95 bits per heavy atom. The van der Waals surface area contributed by atoms with Gasteiger partial charge in [0.2, 0.25) is 0 Å². The van der Waals surface area contributed by atoms with Gasteiger partial charge in [0.15, 0.2) is 0 Å². The van der Waals surface area contributed by atoms with Crippen LogP contribution >= 0.6 is 0 Å². The highest BCUT2D eigenvalue weighted by Gasteiger charge is 2.24. The van der Waals surface area contributed by atoms with Gasteiger partial charge in [0, 0.05) is 26.1 Å². The molecule has 0 spiro atoms. The third-order valence-corrected chi connectivity index (χ3v) is 4.45. The van der Waals surface area contributed by atoms with E-state index in [4.69, 9.17) is 5.11 Å². The van der Waals surface area contributed by atoms with Crippen molar-refractivity contribution in [2.24, 2.45) is 11.8 Å². The lowest BCUT2D eigenvalue weighted by atomic mass is 9.94. The Hall–Kier alpha value is -1.26. The van der Waals surface area contributed by atoms with Crippen molar-refractivity contribution in [3.05, 3.63) is 0 Å². The number of nitrogens with zero attached hydrogens (tertiary/aromatic N) is 1. The minimum Gasteiger partial charge on any atom is -0.481 e. The van der Waals surface area contributed by atoms with Crippen LogP contribution < -0.4 is 5.32 Å². The van der Waals surface area contributed by atoms with E-state index in [-0.39, 0.29) is 18.4 Å². The fourth-order valence-electron chi connectivity index (χ4n) is 2.87. The number of hydrogen-bond donors (Lipinski definition) is 2. The van der Waals surface area contributed by atoms with Crippen molar-refractivity contribution in [2.45, 2.75) is 58.8 Å². The van der Waals surface area contributed by atoms with Crippen molar-refractivity contribution < 1.29 is 14.7 Å². The molecule has 2 N–H and O–H groups in total. The molecule has 1 aliphatic rings. The van der Waals surface area contributed by atoms with Crippen LogP contribution in [-0.2, 0) is 4.79 Å². The molecule has 21 heavy (non-hydrogen) atoms. The summed E-state index contributed by atoms with van der Waals surface area (Å²) in [7, 11) is 0. The minimum atomic E-state index is -0.736. The molecule has 1 heterocycles. The molecule has 2 amide bonds. The molecule has 122 valence electrons. The molecule has 1 saturated heterocycles. The molecule has 1 atom stereocenters. The molecule has 0 radical (unpaired) electrons. The standard InChI is InChI=1S/C16H30N2O3/c1-3-5-6-13(4-2)12-17-16(21)18-9-7-14(8-10-18)11-15(19)20/h13-14H,3-12H2,1-2H3,(H,17,21)(H,19,20). The Balaban J connectivity index is 2.25. The lowest BCUT2D eigenvalue weighted by Crippen LogP contribution is -2.45. The summed E-state index contributed by atoms with van der Waals surface area (Å²) in [6.45, 7) is 6.46. The second-order valence-corrected chi connectivity index (χ2v) is 6.13. The SMILES string of the molecule is CCCCC(CC)CNC(=O)N1CCC(CC(=O)O)CC1. The van der Waals surface area contributed by atoms with Crippen molar-refractivity contribution in [1.82, 2.24) is 10.2 Å². The van der Waals surface area contributed by atoms with Gasteiger partial charge < -0.3 is 15.3 Å². The molecule has 0 aromatic carbocycles. The predicted molar refractivity (Wildman–Crippen MR) is 83.3 cm³/mol. The maximum Gasteiger partial charge on any atom is 0.317 e. The molecule has 0 bridgehead atoms. The summed E-state index contributed by atoms with van der Waals surface area (Å²) in [6.07, 6.45) is 6.51. The second-order valence-electron chi connectivity index (χ2n) is 6.13. The molecule has 1 aliphatic heterocycles. The van der Waals surface area contributed by atoms with Crippen LogP contribution in [0.5, 0.6) is 0 Å². The van der Waals surface area contributed by atoms with Crippen LogP contribution in [-0.4, -0.2) is 41.6 Å². The Morgan fingerprint density at radius 3 is 2.48 bits per heavy atom. The fraction of sp³-hybridized carbons (Fsp3) is 0.875. The third-order valence-electron chi connectivity index (χ3n) is 4.45. The highest BCUT2D eigenvalue weighted by molar-refractivity contribution is 5.74. The van der Waals surface area contributed by atoms with E-state index in [1.54, 1.807) is 0 Å². The number of piperidine rings is 1. The average molecular weight is 298 g/mol. The molecule has 0 aliphatic carbocycles. The zero-order chi connectivity index (χ0) is 15.7. The molecule has 0 aromatic heterocycles. The van der Waals surface area contributed by atoms with Crippen LogP contribution in [0.4, 0.5) is 4.79 Å². The number of unbranched alkanes of at least 4 members (excludes halogenated alkanes) is 1. The number of carbonyl (C=O) groups excluding carboxylic acids is 1. The number of rotatable bonds is 8. The number of nitrogens with one attached hydrogen (secondary N) is 1. The number of carboxylic acid groups (broad SMARTS) is 1. The number of carbonyl (C=O) groups is 2. The summed E-state index contributed by atoms with van der Waals surface area (Å²) in [4.78, 5) is 24.6. The van der Waals surface area contributed by atoms with Gasteiger partial charge in [0.05, 0.1) is 0 Å². The zero-order valence-corrected chi connectivity index (χ0v) is 13.4. The van der Waals surface area contributed by atoms with Crippen LogP contribution in [0.25, 0.3) is 0 Å². The quantitative estimate of drug-likeness (QED) is 0.723. The average Bonchev–Trinajstić information content (AvgIpc) is 2.47. The van der Waals surface area contributed by atoms with E-state index in [0.29, 0.717) is 19.0 Å². The van der Waals surface area contributed by atoms with Crippen LogP contribution in [0.2, 0.25) is 0 Å². The predicted octanol–water partition coefficient (Wildman–Crippen LogP) is 3.10. The smallest absolute Gasteiger partial charge is 0.317 e. The summed E-state index contributed by atoms with van der Waals surface area (Å²) >= 11 is 0. The lowest BCUT2D eigenvalue weighted by Gasteiger charge is -2.31. The van der Waals surface area contributed by atoms with E-state index in [0.717, 1.165) is 25.8 Å². The van der Waals surface area contributed by atoms with Gasteiger partial charge in [-0.05, 0) is 31.1 Å². The van der Waals surface area contributed by atoms with E-state index < -0.39 is 5.97 Å². The van der Waals surface area contributed by atoms with Gasteiger partial charge in [-0.3, -0.25) is 4.79 Å². The normalized spacial score (nSPS) is 17.5. The molecule has 0 aromatic rings. The van der Waals surface area contributed by atoms with Crippen LogP contribution in [0.15, 0.2) is 0 Å². The van der Waals surface area contributed by atoms with E-state index in [9.17, 15) is 9.59 Å². The molecular weight excluding hydrogens is 268 g/mol. The molecule has 0 saturated carbocycles. The maximum atomic E-state index is 12.1. The van der Waals surface area contributed by atoms with Crippen molar-refractivity contribution in [3.63, 3.8) is 0 Å². The fourth-order valence-corrected chi connectivity index (χ4v) is 2.87. The Kier molecular flexibility index (Phi) is 8.16. The Morgan fingerprint density at radius 1 is 1.29 bits per heavy atom. The molecule has 5 heteroatoms. The summed E-state index contributed by atoms with van der Waals surface area (Å²) in [6, 6.07) is 0.0127. The third kappa shape index (κ3) is 6.82. The summed E-state index contributed by atoms with van der Waals surface area (Å²) < 4.78 is 0. The first-order valence-corrected chi connectivity index (χ1v) is 8.31. The molecule has 1 rings (SSSR count). The van der Waals surface area contributed by atoms with E-state index in [2.05, 4.69) is 19.2 Å². The van der Waals surface area contributed by atoms with Crippen molar-refractivity contribution in [2.75, 3.05) is 19.6 Å². The van der Waals surface area contributed by atoms with Crippen molar-refractivity contribution >= 4 is 12.0 Å². The summed E-state index contributed by atoms with van der Waals surface area (Å²) in [5.41, 5.74) is 0. The van der Waals surface area contributed by atoms with Crippen molar-refractivity contribution in [3.8, 4) is 0 Å². The highest BCUT2D eigenvalue weighted by atomic mass is 16.4. The lowest BCUT2D eigenvalue weighted by molar-refractivity contribution is -0.138. The molecule has 1 fully saturated rings. The van der Waals surface area contributed by atoms with Gasteiger partial charge in [-0.15, -0.1) is 0 Å². The number of urea groups is 1. The van der Waals surface area contributed by atoms with Crippen LogP contribution in [0.3, 0.4) is 0 Å². The van der Waals surface area contributed by atoms with Gasteiger partial charge in [-0.1, -0.05) is 33.1 Å². The van der Waals surface area contributed by atoms with Crippen LogP contribution in [0.1, 0.15) is 58.8 Å². The first-order valence-electron chi connectivity index (χ1n) is 8.31. The van der Waals surface area contributed by atoms with Gasteiger partial charge in [-0.2, -0.15) is 0 Å². The monoisotopic (exact) mass is 298 g/mol. The molecule has 5 nitrogen and oxygen atoms in total. The van der Waals surface area contributed by atoms with Gasteiger partial charge in [0.25, 0.3) is 0 Å². The second kappa shape index (κ2) is 9.64. The summed E-state index contributed by atoms with van der Waals surface area (Å²) in [5, 5.41) is 11.8. The number of aliphatic carboxylic acids is 1. The van der Waals surface area contributed by atoms with Crippen LogP contribution in [0, 0.1) is 11.8 Å². The Labute approximate surface area is 128 Å². The molecule has 1 unspecified atom stereocenters. The van der Waals surface area contributed by atoms with Crippen molar-refractivity contribution in [1.29, 1.82) is 0 Å². The maximum absolute atomic E-state index is 12.1. The highest BCUT2D eigenvalue weighted by Crippen LogP contribution is 2.20. The van der Waals surface area contributed by atoms with E-state index in [1.807, 2.05) is 4.90 Å². The number of hydrogen-bond acceptors (Lipinski definition) is 2. The first kappa shape index (κ1) is 17.8. The van der Waals surface area contributed by atoms with E-state index in [1.165, 1.54) is 19.3 Å². The largest absolute Gasteiger partial charge is 0.481 e. The number of likely N-dealkylation sites (tertiary alicyclic amines) is 1. The summed E-state index contributed by atoms with van der Waals surface area (Å²) in [5.74, 6) is 0.0533. The Bertz CT molecular complexity index is 325. The van der Waals surface area contributed by atoms with Gasteiger partial charge >= 0.3 is 12.0 Å². The van der Waals surface area contributed by atoms with Gasteiger partial charge in [0.1, 0.15) is 0 Å². The number of carboxylic acids is 1. The topological polar surface area (TPSA) is 69.6 Å². The molecular formula is C16H30N2O3. The van der Waals surface area contributed by atoms with Gasteiger partial charge in [-0.25, -0.2) is 4.79 Å². The minimum absolute atomic E-state index is 0.0127. The van der Waals surface area contributed by atoms with E-state index >= 15 is 0 Å².